The van der Waals surface area contributed by atoms with Gasteiger partial charge in [-0.1, -0.05) is 20.8 Å². The van der Waals surface area contributed by atoms with Crippen LogP contribution < -0.4 is 10.3 Å². The minimum Gasteiger partial charge on any atom is -0.507 e. The van der Waals surface area contributed by atoms with Crippen LogP contribution >= 0.6 is 0 Å². The number of pyridine rings is 2. The molecule has 3 rings (SSSR count). The number of benzene rings is 1. The van der Waals surface area contributed by atoms with Crippen LogP contribution in [0.25, 0.3) is 23.3 Å². The summed E-state index contributed by atoms with van der Waals surface area (Å²) in [6, 6.07) is 10.4. The highest BCUT2D eigenvalue weighted by Crippen LogP contribution is 2.36. The Morgan fingerprint density at radius 1 is 1.10 bits per heavy atom. The topological polar surface area (TPSA) is 112 Å². The Labute approximate surface area is 181 Å². The van der Waals surface area contributed by atoms with Crippen molar-refractivity contribution >= 4 is 27.9 Å². The van der Waals surface area contributed by atoms with E-state index in [1.807, 2.05) is 12.1 Å². The smallest absolute Gasteiger partial charge is 0.255 e. The molecule has 0 aliphatic rings. The number of sulfonamides is 1. The van der Waals surface area contributed by atoms with Gasteiger partial charge in [0.15, 0.2) is 0 Å². The van der Waals surface area contributed by atoms with E-state index in [9.17, 15) is 18.3 Å². The van der Waals surface area contributed by atoms with Gasteiger partial charge in [0.1, 0.15) is 5.75 Å². The Balaban J connectivity index is 2.03. The highest BCUT2D eigenvalue weighted by molar-refractivity contribution is 7.92. The Morgan fingerprint density at radius 2 is 1.84 bits per heavy atom. The summed E-state index contributed by atoms with van der Waals surface area (Å²) >= 11 is 0. The predicted octanol–water partition coefficient (Wildman–Crippen LogP) is 3.98. The molecule has 0 amide bonds. The lowest BCUT2D eigenvalue weighted by molar-refractivity contribution is 0.474. The summed E-state index contributed by atoms with van der Waals surface area (Å²) in [5.41, 5.74) is 2.80. The van der Waals surface area contributed by atoms with E-state index >= 15 is 0 Å². The molecule has 0 aliphatic heterocycles. The van der Waals surface area contributed by atoms with Crippen LogP contribution in [0.4, 0.5) is 5.69 Å². The molecule has 0 aliphatic carbocycles. The number of hydrogen-bond acceptors (Lipinski definition) is 5. The normalized spacial score (nSPS) is 12.3. The van der Waals surface area contributed by atoms with Crippen molar-refractivity contribution in [1.29, 1.82) is 0 Å². The van der Waals surface area contributed by atoms with E-state index < -0.39 is 10.0 Å². The molecule has 8 heteroatoms. The van der Waals surface area contributed by atoms with Gasteiger partial charge >= 0.3 is 0 Å². The van der Waals surface area contributed by atoms with E-state index in [0.717, 1.165) is 11.8 Å². The van der Waals surface area contributed by atoms with Crippen LogP contribution in [0.5, 0.6) is 5.75 Å². The van der Waals surface area contributed by atoms with Crippen molar-refractivity contribution in [2.24, 2.45) is 0 Å². The summed E-state index contributed by atoms with van der Waals surface area (Å²) in [7, 11) is -3.37. The average Bonchev–Trinajstić information content (AvgIpc) is 2.67. The van der Waals surface area contributed by atoms with Crippen molar-refractivity contribution in [2.75, 3.05) is 11.0 Å². The zero-order valence-corrected chi connectivity index (χ0v) is 18.6. The van der Waals surface area contributed by atoms with Crippen LogP contribution in [0, 0.1) is 0 Å². The Kier molecular flexibility index (Phi) is 6.03. The molecule has 31 heavy (non-hydrogen) atoms. The first kappa shape index (κ1) is 22.3. The van der Waals surface area contributed by atoms with Crippen molar-refractivity contribution < 1.29 is 13.5 Å². The van der Waals surface area contributed by atoms with Crippen LogP contribution in [0.3, 0.4) is 0 Å². The monoisotopic (exact) mass is 439 g/mol. The molecule has 1 aromatic carbocycles. The molecule has 0 radical (unpaired) electrons. The third kappa shape index (κ3) is 5.61. The van der Waals surface area contributed by atoms with Gasteiger partial charge in [-0.25, -0.2) is 8.42 Å². The fourth-order valence-corrected chi connectivity index (χ4v) is 3.56. The maximum atomic E-state index is 12.3. The van der Waals surface area contributed by atoms with Gasteiger partial charge in [0.25, 0.3) is 5.56 Å². The van der Waals surface area contributed by atoms with E-state index in [-0.39, 0.29) is 16.7 Å². The largest absolute Gasteiger partial charge is 0.507 e. The molecule has 0 fully saturated rings. The SMILES string of the molecule is CC(C)(C)c1cc(/C=C/c2ccc(NS(C)(=O)=O)cn2)c(O)c(-c2ccc[nH]c2=O)c1. The maximum Gasteiger partial charge on any atom is 0.255 e. The van der Waals surface area contributed by atoms with Gasteiger partial charge in [-0.15, -0.1) is 0 Å². The van der Waals surface area contributed by atoms with E-state index in [0.29, 0.717) is 28.1 Å². The van der Waals surface area contributed by atoms with Crippen LogP contribution in [0.2, 0.25) is 0 Å². The van der Waals surface area contributed by atoms with E-state index in [1.165, 1.54) is 6.20 Å². The lowest BCUT2D eigenvalue weighted by Gasteiger charge is -2.22. The number of nitrogens with zero attached hydrogens (tertiary/aromatic N) is 1. The third-order valence-electron chi connectivity index (χ3n) is 4.64. The number of H-pyrrole nitrogens is 1. The van der Waals surface area contributed by atoms with Crippen LogP contribution in [-0.2, 0) is 15.4 Å². The fraction of sp³-hybridized carbons (Fsp3) is 0.217. The van der Waals surface area contributed by atoms with Gasteiger partial charge in [0, 0.05) is 17.3 Å². The zero-order chi connectivity index (χ0) is 22.8. The van der Waals surface area contributed by atoms with E-state index in [2.05, 4.69) is 35.5 Å². The summed E-state index contributed by atoms with van der Waals surface area (Å²) < 4.78 is 25.0. The molecule has 0 unspecified atom stereocenters. The van der Waals surface area contributed by atoms with Gasteiger partial charge in [0.05, 0.1) is 29.4 Å². The molecule has 0 bridgehead atoms. The summed E-state index contributed by atoms with van der Waals surface area (Å²) in [4.78, 5) is 19.2. The molecule has 162 valence electrons. The first-order chi connectivity index (χ1) is 14.4. The predicted molar refractivity (Wildman–Crippen MR) is 124 cm³/mol. The van der Waals surface area contributed by atoms with Gasteiger partial charge < -0.3 is 10.1 Å². The van der Waals surface area contributed by atoms with Crippen LogP contribution in [0.15, 0.2) is 53.6 Å². The number of aromatic nitrogens is 2. The summed E-state index contributed by atoms with van der Waals surface area (Å²) in [5.74, 6) is -0.00341. The molecule has 0 saturated heterocycles. The molecular weight excluding hydrogens is 414 g/mol. The Bertz CT molecular complexity index is 1290. The first-order valence-corrected chi connectivity index (χ1v) is 11.5. The first-order valence-electron chi connectivity index (χ1n) is 9.61. The molecule has 3 aromatic rings. The lowest BCUT2D eigenvalue weighted by Crippen LogP contribution is -2.13. The van der Waals surface area contributed by atoms with Crippen molar-refractivity contribution in [3.63, 3.8) is 0 Å². The van der Waals surface area contributed by atoms with Crippen molar-refractivity contribution in [3.05, 3.63) is 76.0 Å². The zero-order valence-electron chi connectivity index (χ0n) is 17.8. The Hall–Kier alpha value is -3.39. The Morgan fingerprint density at radius 3 is 2.42 bits per heavy atom. The van der Waals surface area contributed by atoms with Crippen LogP contribution in [-0.4, -0.2) is 29.7 Å². The summed E-state index contributed by atoms with van der Waals surface area (Å²) in [5, 5.41) is 10.9. The standard InChI is InChI=1S/C23H25N3O4S/c1-23(2,3)16-12-15(21(27)20(13-16)19-6-5-11-24-22(19)28)7-8-17-9-10-18(14-25-17)26-31(4,29)30/h5-14,26-27H,1-4H3,(H,24,28)/b8-7+. The number of aromatic hydroxyl groups is 1. The lowest BCUT2D eigenvalue weighted by atomic mass is 9.83. The maximum absolute atomic E-state index is 12.3. The van der Waals surface area contributed by atoms with Crippen molar-refractivity contribution in [1.82, 2.24) is 9.97 Å². The second-order valence-electron chi connectivity index (χ2n) is 8.30. The van der Waals surface area contributed by atoms with Gasteiger partial charge in [-0.2, -0.15) is 0 Å². The molecular formula is C23H25N3O4S. The second-order valence-corrected chi connectivity index (χ2v) is 10.1. The van der Waals surface area contributed by atoms with Crippen molar-refractivity contribution in [2.45, 2.75) is 26.2 Å². The average molecular weight is 440 g/mol. The number of rotatable bonds is 5. The number of phenols is 1. The highest BCUT2D eigenvalue weighted by atomic mass is 32.2. The molecule has 0 atom stereocenters. The van der Waals surface area contributed by atoms with Crippen molar-refractivity contribution in [3.8, 4) is 16.9 Å². The quantitative estimate of drug-likeness (QED) is 0.557. The molecule has 2 heterocycles. The molecule has 7 nitrogen and oxygen atoms in total. The highest BCUT2D eigenvalue weighted by Gasteiger charge is 2.20. The fourth-order valence-electron chi connectivity index (χ4n) is 3.01. The number of anilines is 1. The molecule has 2 aromatic heterocycles. The summed E-state index contributed by atoms with van der Waals surface area (Å²) in [6.45, 7) is 6.17. The minimum atomic E-state index is -3.37. The number of hydrogen-bond donors (Lipinski definition) is 3. The molecule has 0 saturated carbocycles. The minimum absolute atomic E-state index is 0.00341. The molecule has 3 N–H and O–H groups in total. The van der Waals surface area contributed by atoms with Crippen LogP contribution in [0.1, 0.15) is 37.6 Å². The van der Waals surface area contributed by atoms with Gasteiger partial charge in [0.2, 0.25) is 10.0 Å². The summed E-state index contributed by atoms with van der Waals surface area (Å²) in [6.07, 6.45) is 7.47. The van der Waals surface area contributed by atoms with E-state index in [4.69, 9.17) is 0 Å². The van der Waals surface area contributed by atoms with E-state index in [1.54, 1.807) is 42.6 Å². The second kappa shape index (κ2) is 8.39. The number of aromatic amines is 1. The van der Waals surface area contributed by atoms with Gasteiger partial charge in [-0.3, -0.25) is 14.5 Å². The third-order valence-corrected chi connectivity index (χ3v) is 5.24. The van der Waals surface area contributed by atoms with Gasteiger partial charge in [-0.05, 0) is 59.5 Å². The number of phenolic OH excluding ortho intramolecular Hbond substituents is 1. The molecule has 0 spiro atoms. The number of nitrogens with one attached hydrogen (secondary N) is 2.